The Kier molecular flexibility index (Phi) is 16.8. The molecule has 116 valence electrons. The van der Waals surface area contributed by atoms with Crippen LogP contribution in [0.3, 0.4) is 0 Å². The van der Waals surface area contributed by atoms with Crippen molar-refractivity contribution in [2.75, 3.05) is 0 Å². The SMILES string of the molecule is CCCCCCCCC(O)CCC(CC)S(=O)(=O)[O-].[K+]. The van der Waals surface area contributed by atoms with Crippen LogP contribution in [0, 0.1) is 0 Å². The standard InChI is InChI=1S/C14H30O4S.K/c1-3-5-6-7-8-9-10-13(15)11-12-14(4-2)19(16,17)18;/h13-15H,3-12H2,1-2H3,(H,16,17,18);/q;+1/p-1. The molecule has 0 heterocycles. The predicted molar refractivity (Wildman–Crippen MR) is 77.0 cm³/mol. The number of aliphatic hydroxyl groups excluding tert-OH is 1. The van der Waals surface area contributed by atoms with E-state index in [-0.39, 0.29) is 57.8 Å². The molecule has 0 saturated heterocycles. The second kappa shape index (κ2) is 14.1. The molecule has 0 rings (SSSR count). The first-order valence-corrected chi connectivity index (χ1v) is 9.01. The first kappa shape index (κ1) is 23.8. The summed E-state index contributed by atoms with van der Waals surface area (Å²) in [5.74, 6) is 0. The Morgan fingerprint density at radius 1 is 0.950 bits per heavy atom. The fraction of sp³-hybridized carbons (Fsp3) is 1.00. The minimum atomic E-state index is -4.21. The van der Waals surface area contributed by atoms with Gasteiger partial charge in [-0.3, -0.25) is 0 Å². The predicted octanol–water partition coefficient (Wildman–Crippen LogP) is 0.206. The molecule has 0 bridgehead atoms. The van der Waals surface area contributed by atoms with Crippen LogP contribution in [0.4, 0.5) is 0 Å². The van der Waals surface area contributed by atoms with Gasteiger partial charge in [-0.25, -0.2) is 8.42 Å². The first-order valence-electron chi connectivity index (χ1n) is 7.54. The third-order valence-corrected chi connectivity index (χ3v) is 4.96. The largest absolute Gasteiger partial charge is 1.00 e. The van der Waals surface area contributed by atoms with Gasteiger partial charge in [-0.1, -0.05) is 52.4 Å². The van der Waals surface area contributed by atoms with E-state index in [9.17, 15) is 18.1 Å². The maximum Gasteiger partial charge on any atom is 1.00 e. The van der Waals surface area contributed by atoms with Crippen LogP contribution in [0.25, 0.3) is 0 Å². The topological polar surface area (TPSA) is 77.4 Å². The molecule has 0 amide bonds. The van der Waals surface area contributed by atoms with Gasteiger partial charge in [-0.15, -0.1) is 0 Å². The molecule has 2 atom stereocenters. The molecular formula is C14H29KO4S. The zero-order chi connectivity index (χ0) is 14.7. The summed E-state index contributed by atoms with van der Waals surface area (Å²) in [6.07, 6.45) is 8.30. The number of aliphatic hydroxyl groups is 1. The van der Waals surface area contributed by atoms with E-state index >= 15 is 0 Å². The van der Waals surface area contributed by atoms with Crippen molar-refractivity contribution in [2.24, 2.45) is 0 Å². The molecule has 0 spiro atoms. The van der Waals surface area contributed by atoms with Gasteiger partial charge >= 0.3 is 51.4 Å². The van der Waals surface area contributed by atoms with Crippen LogP contribution >= 0.6 is 0 Å². The van der Waals surface area contributed by atoms with Gasteiger partial charge in [-0.05, 0) is 25.7 Å². The third-order valence-electron chi connectivity index (χ3n) is 3.58. The van der Waals surface area contributed by atoms with Crippen molar-refractivity contribution in [1.29, 1.82) is 0 Å². The van der Waals surface area contributed by atoms with Crippen molar-refractivity contribution in [2.45, 2.75) is 89.4 Å². The molecule has 0 aliphatic carbocycles. The van der Waals surface area contributed by atoms with Gasteiger partial charge in [0.1, 0.15) is 0 Å². The summed E-state index contributed by atoms with van der Waals surface area (Å²) in [5, 5.41) is 8.92. The van der Waals surface area contributed by atoms with Crippen LogP contribution < -0.4 is 51.4 Å². The second-order valence-electron chi connectivity index (χ2n) is 5.31. The van der Waals surface area contributed by atoms with E-state index in [2.05, 4.69) is 6.92 Å². The van der Waals surface area contributed by atoms with Gasteiger partial charge in [0.05, 0.1) is 16.2 Å². The van der Waals surface area contributed by atoms with E-state index < -0.39 is 21.5 Å². The molecule has 4 nitrogen and oxygen atoms in total. The van der Waals surface area contributed by atoms with Crippen molar-refractivity contribution < 1.29 is 69.5 Å². The quantitative estimate of drug-likeness (QED) is 0.315. The maximum atomic E-state index is 10.9. The van der Waals surface area contributed by atoms with E-state index in [1.807, 2.05) is 0 Å². The van der Waals surface area contributed by atoms with E-state index in [1.54, 1.807) is 6.92 Å². The molecule has 0 saturated carbocycles. The van der Waals surface area contributed by atoms with Crippen LogP contribution in [-0.2, 0) is 10.1 Å². The number of unbranched alkanes of at least 4 members (excludes halogenated alkanes) is 5. The van der Waals surface area contributed by atoms with E-state index in [1.165, 1.54) is 25.7 Å². The second-order valence-corrected chi connectivity index (χ2v) is 6.96. The number of rotatable bonds is 12. The molecule has 20 heavy (non-hydrogen) atoms. The molecule has 0 aliphatic heterocycles. The first-order chi connectivity index (χ1) is 8.91. The Labute approximate surface area is 167 Å². The van der Waals surface area contributed by atoms with Crippen molar-refractivity contribution >= 4 is 10.1 Å². The average molecular weight is 333 g/mol. The summed E-state index contributed by atoms with van der Waals surface area (Å²) in [6.45, 7) is 3.87. The van der Waals surface area contributed by atoms with Gasteiger partial charge in [-0.2, -0.15) is 0 Å². The molecule has 0 radical (unpaired) electrons. The normalized spacial score (nSPS) is 14.6. The molecule has 6 heteroatoms. The molecular weight excluding hydrogens is 303 g/mol. The number of hydrogen-bond acceptors (Lipinski definition) is 4. The van der Waals surface area contributed by atoms with Gasteiger partial charge in [0.2, 0.25) is 0 Å². The molecule has 1 N–H and O–H groups in total. The van der Waals surface area contributed by atoms with E-state index in [0.29, 0.717) is 19.3 Å². The minimum Gasteiger partial charge on any atom is -0.748 e. The van der Waals surface area contributed by atoms with Crippen molar-refractivity contribution in [3.05, 3.63) is 0 Å². The van der Waals surface area contributed by atoms with Crippen molar-refractivity contribution in [3.63, 3.8) is 0 Å². The van der Waals surface area contributed by atoms with Crippen molar-refractivity contribution in [3.8, 4) is 0 Å². The zero-order valence-corrected chi connectivity index (χ0v) is 17.2. The fourth-order valence-corrected chi connectivity index (χ4v) is 3.07. The fourth-order valence-electron chi connectivity index (χ4n) is 2.24. The monoisotopic (exact) mass is 332 g/mol. The number of hydrogen-bond donors (Lipinski definition) is 1. The summed E-state index contributed by atoms with van der Waals surface area (Å²) in [5.41, 5.74) is 0. The van der Waals surface area contributed by atoms with Gasteiger partial charge in [0.25, 0.3) is 0 Å². The molecule has 0 fully saturated rings. The van der Waals surface area contributed by atoms with Gasteiger partial charge in [0, 0.05) is 5.25 Å². The average Bonchev–Trinajstić information content (AvgIpc) is 2.32. The molecule has 0 aromatic heterocycles. The van der Waals surface area contributed by atoms with Crippen LogP contribution in [0.5, 0.6) is 0 Å². The maximum absolute atomic E-state index is 10.9. The Morgan fingerprint density at radius 3 is 2.00 bits per heavy atom. The van der Waals surface area contributed by atoms with E-state index in [4.69, 9.17) is 0 Å². The van der Waals surface area contributed by atoms with Crippen LogP contribution in [0.1, 0.15) is 78.1 Å². The molecule has 0 aromatic carbocycles. The van der Waals surface area contributed by atoms with Gasteiger partial charge < -0.3 is 9.66 Å². The molecule has 2 unspecified atom stereocenters. The summed E-state index contributed by atoms with van der Waals surface area (Å²) in [6, 6.07) is 0. The Hall–Kier alpha value is 1.51. The van der Waals surface area contributed by atoms with Crippen LogP contribution in [-0.4, -0.2) is 29.4 Å². The van der Waals surface area contributed by atoms with Crippen molar-refractivity contribution in [1.82, 2.24) is 0 Å². The summed E-state index contributed by atoms with van der Waals surface area (Å²) in [7, 11) is -4.21. The smallest absolute Gasteiger partial charge is 0.748 e. The zero-order valence-electron chi connectivity index (χ0n) is 13.3. The Balaban J connectivity index is 0. The van der Waals surface area contributed by atoms with Crippen LogP contribution in [0.2, 0.25) is 0 Å². The summed E-state index contributed by atoms with van der Waals surface area (Å²) in [4.78, 5) is 0. The molecule has 0 aromatic rings. The Morgan fingerprint density at radius 2 is 1.50 bits per heavy atom. The minimum absolute atomic E-state index is 0. The molecule has 0 aliphatic rings. The van der Waals surface area contributed by atoms with E-state index in [0.717, 1.165) is 12.8 Å². The van der Waals surface area contributed by atoms with Crippen LogP contribution in [0.15, 0.2) is 0 Å². The van der Waals surface area contributed by atoms with Gasteiger partial charge in [0.15, 0.2) is 0 Å². The summed E-state index contributed by atoms with van der Waals surface area (Å²) >= 11 is 0. The third kappa shape index (κ3) is 13.2. The summed E-state index contributed by atoms with van der Waals surface area (Å²) < 4.78 is 32.7. The Bertz CT molecular complexity index is 306.